The van der Waals surface area contributed by atoms with Crippen LogP contribution in [0, 0.1) is 0 Å². The average molecular weight is 313 g/mol. The van der Waals surface area contributed by atoms with Crippen LogP contribution in [0.25, 0.3) is 0 Å². The summed E-state index contributed by atoms with van der Waals surface area (Å²) in [5.41, 5.74) is 3.04. The molecule has 0 unspecified atom stereocenters. The third-order valence-corrected chi connectivity index (χ3v) is 1.31. The van der Waals surface area contributed by atoms with Crippen LogP contribution in [-0.2, 0) is 9.59 Å². The van der Waals surface area contributed by atoms with Gasteiger partial charge in [0.25, 0.3) is 0 Å². The molecule has 0 aliphatic heterocycles. The van der Waals surface area contributed by atoms with E-state index in [0.717, 1.165) is 6.41 Å². The minimum atomic E-state index is 0. The first-order valence-corrected chi connectivity index (χ1v) is 5.77. The fourth-order valence-electron chi connectivity index (χ4n) is 0. The van der Waals surface area contributed by atoms with Gasteiger partial charge in [0.2, 0.25) is 12.8 Å². The van der Waals surface area contributed by atoms with Gasteiger partial charge in [-0.15, -0.1) is 0 Å². The van der Waals surface area contributed by atoms with Gasteiger partial charge < -0.3 is 20.4 Å². The number of hydrogen-bond donors (Lipinski definition) is 2. The molecule has 116 valence electrons. The van der Waals surface area contributed by atoms with Crippen molar-refractivity contribution in [3.05, 3.63) is 0 Å². The Labute approximate surface area is 128 Å². The predicted octanol–water partition coefficient (Wildman–Crippen LogP) is 0.371. The average Bonchev–Trinajstić information content (AvgIpc) is 2.39. The maximum absolute atomic E-state index is 9.43. The van der Waals surface area contributed by atoms with Gasteiger partial charge >= 0.3 is 0 Å². The molecule has 0 atom stereocenters. The molecule has 2 amide bonds. The molecule has 0 rings (SSSR count). The van der Waals surface area contributed by atoms with Crippen LogP contribution in [0.1, 0.15) is 7.43 Å². The van der Waals surface area contributed by atoms with Gasteiger partial charge in [-0.3, -0.25) is 9.59 Å². The Kier molecular flexibility index (Phi) is 57.9. The minimum absolute atomic E-state index is 0. The Balaban J connectivity index is -0.0000000453. The van der Waals surface area contributed by atoms with Gasteiger partial charge in [0.15, 0.2) is 0 Å². The molecule has 0 aliphatic rings. The summed E-state index contributed by atoms with van der Waals surface area (Å²) in [6.07, 6.45) is 1.38. The van der Waals surface area contributed by atoms with Crippen molar-refractivity contribution in [1.82, 2.24) is 20.4 Å². The lowest BCUT2D eigenvalue weighted by Crippen LogP contribution is -2.06. The lowest BCUT2D eigenvalue weighted by Gasteiger charge is -1.96. The molecule has 0 bridgehead atoms. The van der Waals surface area contributed by atoms with Crippen LogP contribution < -0.4 is 10.6 Å². The van der Waals surface area contributed by atoms with Crippen molar-refractivity contribution >= 4 is 48.2 Å². The van der Waals surface area contributed by atoms with Gasteiger partial charge in [-0.2, -0.15) is 0 Å². The van der Waals surface area contributed by atoms with Crippen molar-refractivity contribution in [1.29, 1.82) is 0 Å². The quantitative estimate of drug-likeness (QED) is 0.578. The van der Waals surface area contributed by atoms with Crippen LogP contribution in [0.15, 0.2) is 0 Å². The van der Waals surface area contributed by atoms with Crippen molar-refractivity contribution < 1.29 is 9.59 Å². The topological polar surface area (TPSA) is 64.7 Å². The Morgan fingerprint density at radius 1 is 0.895 bits per heavy atom. The van der Waals surface area contributed by atoms with Gasteiger partial charge in [0.1, 0.15) is 0 Å². The Bertz CT molecular complexity index is 172. The summed E-state index contributed by atoms with van der Waals surface area (Å²) in [6, 6.07) is 0. The number of amides is 2. The van der Waals surface area contributed by atoms with Crippen LogP contribution in [0.5, 0.6) is 0 Å². The number of carbonyl (C=O) groups is 2. The Hall–Kier alpha value is -1.28. The van der Waals surface area contributed by atoms with E-state index < -0.39 is 0 Å². The van der Waals surface area contributed by atoms with E-state index in [1.54, 1.807) is 33.7 Å². The van der Waals surface area contributed by atoms with Gasteiger partial charge in [0.05, 0.1) is 11.0 Å². The zero-order valence-electron chi connectivity index (χ0n) is 11.8. The van der Waals surface area contributed by atoms with Gasteiger partial charge in [-0.05, 0) is 0 Å². The SMILES string of the molecule is C.CN(C)C=O.CN(C)C=S.CNC=O.CNC=S. The molecular formula is C11H28N4O2S2. The highest BCUT2D eigenvalue weighted by Gasteiger charge is 1.68. The second-order valence-electron chi connectivity index (χ2n) is 2.95. The molecule has 0 fully saturated rings. The molecule has 0 spiro atoms. The van der Waals surface area contributed by atoms with Crippen molar-refractivity contribution in [2.45, 2.75) is 7.43 Å². The van der Waals surface area contributed by atoms with E-state index in [9.17, 15) is 4.79 Å². The lowest BCUT2D eigenvalue weighted by molar-refractivity contribution is -0.116. The first-order valence-electron chi connectivity index (χ1n) is 4.83. The van der Waals surface area contributed by atoms with Crippen LogP contribution in [0.2, 0.25) is 0 Å². The number of nitrogens with zero attached hydrogens (tertiary/aromatic N) is 2. The first kappa shape index (κ1) is 30.6. The Morgan fingerprint density at radius 2 is 1.11 bits per heavy atom. The van der Waals surface area contributed by atoms with Crippen molar-refractivity contribution in [2.75, 3.05) is 42.3 Å². The zero-order valence-corrected chi connectivity index (χ0v) is 13.5. The molecule has 0 saturated carbocycles. The van der Waals surface area contributed by atoms with Gasteiger partial charge in [-0.1, -0.05) is 31.9 Å². The zero-order chi connectivity index (χ0) is 15.4. The molecule has 0 heterocycles. The Morgan fingerprint density at radius 3 is 1.11 bits per heavy atom. The summed E-state index contributed by atoms with van der Waals surface area (Å²) < 4.78 is 0. The van der Waals surface area contributed by atoms with E-state index in [4.69, 9.17) is 4.79 Å². The molecule has 0 radical (unpaired) electrons. The predicted molar refractivity (Wildman–Crippen MR) is 91.7 cm³/mol. The number of carbonyl (C=O) groups excluding carboxylic acids is 2. The molecule has 2 N–H and O–H groups in total. The molecule has 6 nitrogen and oxygen atoms in total. The highest BCUT2D eigenvalue weighted by Crippen LogP contribution is 1.57. The van der Waals surface area contributed by atoms with Crippen LogP contribution >= 0.6 is 24.4 Å². The minimum Gasteiger partial charge on any atom is -0.385 e. The number of hydrogen-bond acceptors (Lipinski definition) is 4. The normalized spacial score (nSPS) is 5.79. The molecule has 0 aromatic carbocycles. The van der Waals surface area contributed by atoms with E-state index in [0.29, 0.717) is 6.41 Å². The van der Waals surface area contributed by atoms with Gasteiger partial charge in [-0.25, -0.2) is 0 Å². The lowest BCUT2D eigenvalue weighted by atomic mass is 11.0. The molecule has 0 aromatic rings. The van der Waals surface area contributed by atoms with E-state index in [2.05, 4.69) is 35.1 Å². The molecule has 0 aliphatic carbocycles. The molecule has 19 heavy (non-hydrogen) atoms. The third-order valence-electron chi connectivity index (χ3n) is 0.657. The number of rotatable bonds is 4. The van der Waals surface area contributed by atoms with E-state index in [1.165, 1.54) is 10.4 Å². The van der Waals surface area contributed by atoms with Crippen molar-refractivity contribution in [2.24, 2.45) is 0 Å². The molecule has 8 heteroatoms. The summed E-state index contributed by atoms with van der Waals surface area (Å²) >= 11 is 8.79. The second-order valence-corrected chi connectivity index (χ2v) is 3.40. The highest BCUT2D eigenvalue weighted by atomic mass is 32.1. The summed E-state index contributed by atoms with van der Waals surface area (Å²) in [5, 5.41) is 4.87. The fourth-order valence-corrected chi connectivity index (χ4v) is 0. The fraction of sp³-hybridized carbons (Fsp3) is 0.636. The van der Waals surface area contributed by atoms with E-state index in [1.807, 2.05) is 19.0 Å². The van der Waals surface area contributed by atoms with E-state index in [-0.39, 0.29) is 7.43 Å². The number of nitrogens with one attached hydrogen (secondary N) is 2. The monoisotopic (exact) mass is 312 g/mol. The first-order chi connectivity index (χ1) is 8.37. The third kappa shape index (κ3) is 163. The maximum Gasteiger partial charge on any atom is 0.209 e. The van der Waals surface area contributed by atoms with Crippen LogP contribution in [0.3, 0.4) is 0 Å². The summed E-state index contributed by atoms with van der Waals surface area (Å²) in [6.45, 7) is 0. The molecule has 0 saturated heterocycles. The van der Waals surface area contributed by atoms with Gasteiger partial charge in [0, 0.05) is 42.3 Å². The number of thiocarbonyl (C=S) groups is 2. The van der Waals surface area contributed by atoms with Crippen LogP contribution in [0.4, 0.5) is 0 Å². The molecule has 0 aromatic heterocycles. The highest BCUT2D eigenvalue weighted by molar-refractivity contribution is 7.79. The van der Waals surface area contributed by atoms with Crippen molar-refractivity contribution in [3.8, 4) is 0 Å². The smallest absolute Gasteiger partial charge is 0.209 e. The maximum atomic E-state index is 9.43. The second kappa shape index (κ2) is 36.0. The largest absolute Gasteiger partial charge is 0.385 e. The standard InChI is InChI=1S/C3H7NO.C3H7NS.C2H5NO.C2H5NS.CH4/c2*1-4(2)3-5;2*1-3-2-4;/h2*3H,1-2H3;2*2H,1H3,(H,3,4);1H4. The van der Waals surface area contributed by atoms with E-state index >= 15 is 0 Å². The summed E-state index contributed by atoms with van der Waals surface area (Å²) in [7, 11) is 10.5. The summed E-state index contributed by atoms with van der Waals surface area (Å²) in [5.74, 6) is 0. The van der Waals surface area contributed by atoms with Crippen molar-refractivity contribution in [3.63, 3.8) is 0 Å². The molecular weight excluding hydrogens is 284 g/mol. The summed E-state index contributed by atoms with van der Waals surface area (Å²) in [4.78, 5) is 21.8. The van der Waals surface area contributed by atoms with Crippen LogP contribution in [-0.4, -0.2) is 75.9 Å².